The average Bonchev–Trinajstić information content (AvgIpc) is 2.59. The van der Waals surface area contributed by atoms with Gasteiger partial charge in [-0.2, -0.15) is 0 Å². The lowest BCUT2D eigenvalue weighted by Gasteiger charge is -2.00. The van der Waals surface area contributed by atoms with Crippen LogP contribution in [0, 0.1) is 0 Å². The molecule has 0 amide bonds. The first-order valence-corrected chi connectivity index (χ1v) is 3.96. The maximum absolute atomic E-state index is 10.6. The lowest BCUT2D eigenvalue weighted by molar-refractivity contribution is -0.103. The standard InChI is InChI=1S/C10H6NO3/c12-5-7-4-11-9-3-6(10(13)14)1-2-8(7)9/h1-5H,(H,13,14). The van der Waals surface area contributed by atoms with Crippen molar-refractivity contribution in [1.82, 2.24) is 5.32 Å². The molecule has 1 heterocycles. The number of carboxylic acids is 1. The second-order valence-corrected chi connectivity index (χ2v) is 2.87. The molecule has 1 N–H and O–H groups in total. The molecule has 0 bridgehead atoms. The van der Waals surface area contributed by atoms with E-state index >= 15 is 0 Å². The van der Waals surface area contributed by atoms with Gasteiger partial charge in [0.05, 0.1) is 11.3 Å². The fourth-order valence-corrected chi connectivity index (χ4v) is 1.32. The Balaban J connectivity index is 2.48. The van der Waals surface area contributed by atoms with Crippen LogP contribution in [0.3, 0.4) is 0 Å². The molecule has 1 radical (unpaired) electrons. The highest BCUT2D eigenvalue weighted by Gasteiger charge is 2.16. The Morgan fingerprint density at radius 2 is 2.21 bits per heavy atom. The van der Waals surface area contributed by atoms with E-state index in [0.29, 0.717) is 23.1 Å². The molecule has 0 aromatic heterocycles. The van der Waals surface area contributed by atoms with Crippen LogP contribution in [0.4, 0.5) is 5.69 Å². The second kappa shape index (κ2) is 2.99. The van der Waals surface area contributed by atoms with Gasteiger partial charge in [-0.3, -0.25) is 10.1 Å². The summed E-state index contributed by atoms with van der Waals surface area (Å²) in [5, 5.41) is 12.6. The smallest absolute Gasteiger partial charge is 0.335 e. The largest absolute Gasteiger partial charge is 0.478 e. The average molecular weight is 188 g/mol. The number of fused-ring (bicyclic) bond motifs is 1. The van der Waals surface area contributed by atoms with Crippen molar-refractivity contribution in [3.8, 4) is 0 Å². The molecule has 4 heteroatoms. The summed E-state index contributed by atoms with van der Waals surface area (Å²) in [5.74, 6) is -0.998. The van der Waals surface area contributed by atoms with Gasteiger partial charge in [-0.1, -0.05) is 6.07 Å². The Kier molecular flexibility index (Phi) is 1.81. The van der Waals surface area contributed by atoms with E-state index in [4.69, 9.17) is 5.11 Å². The molecule has 1 aromatic carbocycles. The van der Waals surface area contributed by atoms with Crippen molar-refractivity contribution in [3.63, 3.8) is 0 Å². The minimum absolute atomic E-state index is 0.174. The molecular weight excluding hydrogens is 182 g/mol. The van der Waals surface area contributed by atoms with E-state index in [1.54, 1.807) is 6.07 Å². The van der Waals surface area contributed by atoms with Crippen LogP contribution in [0.15, 0.2) is 24.4 Å². The molecule has 0 saturated heterocycles. The third-order valence-corrected chi connectivity index (χ3v) is 2.03. The molecule has 1 aromatic rings. The van der Waals surface area contributed by atoms with E-state index in [0.717, 1.165) is 0 Å². The van der Waals surface area contributed by atoms with Crippen molar-refractivity contribution in [1.29, 1.82) is 0 Å². The number of carbonyl (C=O) groups excluding carboxylic acids is 1. The van der Waals surface area contributed by atoms with Crippen LogP contribution < -0.4 is 5.32 Å². The summed E-state index contributed by atoms with van der Waals surface area (Å²) in [6.45, 7) is 0. The van der Waals surface area contributed by atoms with Gasteiger partial charge in [0.1, 0.15) is 0 Å². The van der Waals surface area contributed by atoms with Gasteiger partial charge in [0, 0.05) is 17.3 Å². The molecule has 14 heavy (non-hydrogen) atoms. The molecule has 0 fully saturated rings. The Morgan fingerprint density at radius 3 is 2.86 bits per heavy atom. The molecule has 0 saturated carbocycles. The van der Waals surface area contributed by atoms with Crippen molar-refractivity contribution < 1.29 is 14.7 Å². The van der Waals surface area contributed by atoms with E-state index in [1.807, 2.05) is 0 Å². The number of hydrogen-bond acceptors (Lipinski definition) is 2. The predicted octanol–water partition coefficient (Wildman–Crippen LogP) is 1.17. The first kappa shape index (κ1) is 8.50. The van der Waals surface area contributed by atoms with Gasteiger partial charge in [-0.15, -0.1) is 0 Å². The Labute approximate surface area is 79.9 Å². The summed E-state index contributed by atoms with van der Waals surface area (Å²) in [4.78, 5) is 21.2. The number of nitrogens with zero attached hydrogens (tertiary/aromatic N) is 1. The Morgan fingerprint density at radius 1 is 1.43 bits per heavy atom. The van der Waals surface area contributed by atoms with Crippen LogP contribution in [0.25, 0.3) is 5.57 Å². The molecule has 0 spiro atoms. The summed E-state index contributed by atoms with van der Waals surface area (Å²) in [6.07, 6.45) is 2.14. The molecule has 4 nitrogen and oxygen atoms in total. The van der Waals surface area contributed by atoms with Crippen LogP contribution in [0.5, 0.6) is 0 Å². The number of allylic oxidation sites excluding steroid dienone is 1. The fraction of sp³-hybridized carbons (Fsp3) is 0. The number of rotatable bonds is 2. The normalized spacial score (nSPS) is 12.7. The van der Waals surface area contributed by atoms with Crippen molar-refractivity contribution in [3.05, 3.63) is 35.5 Å². The third-order valence-electron chi connectivity index (χ3n) is 2.03. The zero-order valence-electron chi connectivity index (χ0n) is 7.10. The van der Waals surface area contributed by atoms with Crippen molar-refractivity contribution in [2.24, 2.45) is 0 Å². The minimum atomic E-state index is -0.998. The Bertz CT molecular complexity index is 449. The zero-order chi connectivity index (χ0) is 10.1. The topological polar surface area (TPSA) is 68.5 Å². The quantitative estimate of drug-likeness (QED) is 0.708. The van der Waals surface area contributed by atoms with E-state index < -0.39 is 5.97 Å². The summed E-state index contributed by atoms with van der Waals surface area (Å²) in [5.41, 5.74) is 1.88. The molecule has 0 unspecified atom stereocenters. The number of aldehydes is 1. The van der Waals surface area contributed by atoms with Gasteiger partial charge >= 0.3 is 5.97 Å². The van der Waals surface area contributed by atoms with Gasteiger partial charge < -0.3 is 5.11 Å². The van der Waals surface area contributed by atoms with Gasteiger partial charge in [-0.25, -0.2) is 4.79 Å². The SMILES string of the molecule is O=CC1=C[N]c2cc(C(=O)O)ccc21. The van der Waals surface area contributed by atoms with E-state index in [9.17, 15) is 9.59 Å². The second-order valence-electron chi connectivity index (χ2n) is 2.87. The monoisotopic (exact) mass is 188 g/mol. The Hall–Kier alpha value is -2.10. The highest BCUT2D eigenvalue weighted by Crippen LogP contribution is 2.29. The lowest BCUT2D eigenvalue weighted by atomic mass is 10.1. The lowest BCUT2D eigenvalue weighted by Crippen LogP contribution is -1.97. The number of carbonyl (C=O) groups is 2. The molecule has 69 valence electrons. The van der Waals surface area contributed by atoms with Gasteiger partial charge in [0.15, 0.2) is 6.29 Å². The maximum atomic E-state index is 10.6. The van der Waals surface area contributed by atoms with E-state index in [-0.39, 0.29) is 5.56 Å². The summed E-state index contributed by atoms with van der Waals surface area (Å²) >= 11 is 0. The number of carboxylic acid groups (broad SMARTS) is 1. The van der Waals surface area contributed by atoms with Crippen LogP contribution in [0.2, 0.25) is 0 Å². The first-order chi connectivity index (χ1) is 6.72. The molecule has 0 aliphatic carbocycles. The van der Waals surface area contributed by atoms with Crippen LogP contribution in [0.1, 0.15) is 15.9 Å². The molecule has 1 aliphatic heterocycles. The van der Waals surface area contributed by atoms with E-state index in [2.05, 4.69) is 5.32 Å². The van der Waals surface area contributed by atoms with Crippen LogP contribution >= 0.6 is 0 Å². The number of benzene rings is 1. The third kappa shape index (κ3) is 1.17. The maximum Gasteiger partial charge on any atom is 0.335 e. The molecule has 2 rings (SSSR count). The van der Waals surface area contributed by atoms with Crippen LogP contribution in [-0.4, -0.2) is 17.4 Å². The number of aromatic carboxylic acids is 1. The first-order valence-electron chi connectivity index (χ1n) is 3.96. The predicted molar refractivity (Wildman–Crippen MR) is 49.2 cm³/mol. The van der Waals surface area contributed by atoms with Crippen molar-refractivity contribution in [2.75, 3.05) is 0 Å². The molecular formula is C10H6NO3. The van der Waals surface area contributed by atoms with Crippen molar-refractivity contribution in [2.45, 2.75) is 0 Å². The fourth-order valence-electron chi connectivity index (χ4n) is 1.32. The summed E-state index contributed by atoms with van der Waals surface area (Å²) < 4.78 is 0. The molecule has 0 atom stereocenters. The highest BCUT2D eigenvalue weighted by atomic mass is 16.4. The minimum Gasteiger partial charge on any atom is -0.478 e. The summed E-state index contributed by atoms with van der Waals surface area (Å²) in [6, 6.07) is 4.50. The highest BCUT2D eigenvalue weighted by molar-refractivity contribution is 6.11. The number of hydrogen-bond donors (Lipinski definition) is 1. The van der Waals surface area contributed by atoms with Gasteiger partial charge in [-0.05, 0) is 12.1 Å². The van der Waals surface area contributed by atoms with Gasteiger partial charge in [0.2, 0.25) is 0 Å². The van der Waals surface area contributed by atoms with E-state index in [1.165, 1.54) is 18.3 Å². The van der Waals surface area contributed by atoms with Gasteiger partial charge in [0.25, 0.3) is 0 Å². The van der Waals surface area contributed by atoms with Crippen LogP contribution in [-0.2, 0) is 4.79 Å². The molecule has 1 aliphatic rings. The van der Waals surface area contributed by atoms with Crippen molar-refractivity contribution >= 4 is 23.5 Å². The summed E-state index contributed by atoms with van der Waals surface area (Å²) in [7, 11) is 0. The zero-order valence-corrected chi connectivity index (χ0v) is 7.10.